The maximum atomic E-state index is 11.0. The summed E-state index contributed by atoms with van der Waals surface area (Å²) in [6.07, 6.45) is 2.03. The number of hydrogen-bond acceptors (Lipinski definition) is 5. The van der Waals surface area contributed by atoms with Crippen molar-refractivity contribution in [1.29, 1.82) is 0 Å². The minimum Gasteiger partial charge on any atom is -0.463 e. The zero-order valence-corrected chi connectivity index (χ0v) is 12.6. The van der Waals surface area contributed by atoms with E-state index < -0.39 is 14.8 Å². The molecule has 0 aromatic carbocycles. The molecule has 0 aliphatic carbocycles. The van der Waals surface area contributed by atoms with Crippen LogP contribution in [0.5, 0.6) is 0 Å². The van der Waals surface area contributed by atoms with Crippen molar-refractivity contribution in [1.82, 2.24) is 0 Å². The molecule has 0 fully saturated rings. The fraction of sp³-hybridized carbons (Fsp3) is 0.750. The lowest BCUT2D eigenvalue weighted by Gasteiger charge is -2.28. The van der Waals surface area contributed by atoms with Gasteiger partial charge in [0.25, 0.3) is 0 Å². The van der Waals surface area contributed by atoms with Crippen LogP contribution in [0.1, 0.15) is 27.2 Å². The van der Waals surface area contributed by atoms with Gasteiger partial charge in [-0.3, -0.25) is 0 Å². The quantitative estimate of drug-likeness (QED) is 0.329. The lowest BCUT2D eigenvalue weighted by Crippen LogP contribution is -2.47. The molecule has 18 heavy (non-hydrogen) atoms. The molecule has 0 N–H and O–H groups in total. The molecule has 0 spiro atoms. The summed E-state index contributed by atoms with van der Waals surface area (Å²) in [4.78, 5) is 11.0. The first kappa shape index (κ1) is 17.3. The average Bonchev–Trinajstić information content (AvgIpc) is 2.36. The molecule has 0 aromatic rings. The van der Waals surface area contributed by atoms with Crippen molar-refractivity contribution in [3.8, 4) is 0 Å². The summed E-state index contributed by atoms with van der Waals surface area (Å²) in [6, 6.07) is 0.467. The van der Waals surface area contributed by atoms with Gasteiger partial charge >= 0.3 is 14.8 Å². The summed E-state index contributed by atoms with van der Waals surface area (Å²) in [7, 11) is -2.71. The van der Waals surface area contributed by atoms with Gasteiger partial charge in [0.15, 0.2) is 0 Å². The Morgan fingerprint density at radius 1 is 1.11 bits per heavy atom. The molecule has 0 amide bonds. The van der Waals surface area contributed by atoms with Gasteiger partial charge in [0, 0.05) is 25.9 Å². The van der Waals surface area contributed by atoms with Gasteiger partial charge in [-0.25, -0.2) is 4.79 Å². The third-order valence-electron chi connectivity index (χ3n) is 2.07. The summed E-state index contributed by atoms with van der Waals surface area (Å²) >= 11 is 0. The van der Waals surface area contributed by atoms with Crippen molar-refractivity contribution >= 4 is 14.8 Å². The van der Waals surface area contributed by atoms with Gasteiger partial charge in [-0.2, -0.15) is 0 Å². The van der Waals surface area contributed by atoms with Crippen molar-refractivity contribution < 1.29 is 22.8 Å². The van der Waals surface area contributed by atoms with E-state index in [0.717, 1.165) is 12.5 Å². The molecular formula is C12H24O5Si. The number of hydrogen-bond donors (Lipinski definition) is 0. The van der Waals surface area contributed by atoms with E-state index in [-0.39, 0.29) is 6.61 Å². The molecule has 0 heterocycles. The topological polar surface area (TPSA) is 54.0 Å². The number of ether oxygens (including phenoxy) is 1. The normalized spacial score (nSPS) is 11.3. The molecule has 0 bridgehead atoms. The van der Waals surface area contributed by atoms with E-state index in [1.807, 2.05) is 20.8 Å². The van der Waals surface area contributed by atoms with Crippen LogP contribution >= 0.6 is 0 Å². The van der Waals surface area contributed by atoms with Crippen molar-refractivity contribution in [2.75, 3.05) is 26.4 Å². The SMILES string of the molecule is C=CC(=O)OCC[Si](OCC)(OCC)OCCC. The number of rotatable bonds is 11. The van der Waals surface area contributed by atoms with Gasteiger partial charge < -0.3 is 18.0 Å². The molecule has 0 aliphatic heterocycles. The van der Waals surface area contributed by atoms with Crippen LogP contribution in [-0.4, -0.2) is 41.2 Å². The third-order valence-corrected chi connectivity index (χ3v) is 4.99. The zero-order valence-electron chi connectivity index (χ0n) is 11.6. The summed E-state index contributed by atoms with van der Waals surface area (Å²) < 4.78 is 22.0. The maximum Gasteiger partial charge on any atom is 0.504 e. The second kappa shape index (κ2) is 10.2. The smallest absolute Gasteiger partial charge is 0.463 e. The predicted molar refractivity (Wildman–Crippen MR) is 71.2 cm³/mol. The van der Waals surface area contributed by atoms with E-state index >= 15 is 0 Å². The minimum atomic E-state index is -2.71. The van der Waals surface area contributed by atoms with Crippen LogP contribution in [0.4, 0.5) is 0 Å². The van der Waals surface area contributed by atoms with Crippen LogP contribution in [0, 0.1) is 0 Å². The highest BCUT2D eigenvalue weighted by molar-refractivity contribution is 6.60. The lowest BCUT2D eigenvalue weighted by molar-refractivity contribution is -0.137. The Kier molecular flexibility index (Phi) is 9.86. The highest BCUT2D eigenvalue weighted by Crippen LogP contribution is 2.16. The molecule has 0 saturated carbocycles. The standard InChI is InChI=1S/C12H24O5Si/c1-5-9-17-18(15-7-3,16-8-4)11-10-14-12(13)6-2/h6H,2,5,7-11H2,1,3-4H3. The van der Waals surface area contributed by atoms with E-state index in [9.17, 15) is 4.79 Å². The maximum absolute atomic E-state index is 11.0. The summed E-state index contributed by atoms with van der Waals surface area (Å²) in [5, 5.41) is 0. The largest absolute Gasteiger partial charge is 0.504 e. The first-order chi connectivity index (χ1) is 8.64. The molecule has 0 unspecified atom stereocenters. The van der Waals surface area contributed by atoms with Gasteiger partial charge in [0.05, 0.1) is 12.7 Å². The van der Waals surface area contributed by atoms with Gasteiger partial charge in [0.1, 0.15) is 0 Å². The Morgan fingerprint density at radius 3 is 2.17 bits per heavy atom. The van der Waals surface area contributed by atoms with Crippen molar-refractivity contribution in [3.63, 3.8) is 0 Å². The molecule has 0 aliphatic rings. The monoisotopic (exact) mass is 276 g/mol. The average molecular weight is 276 g/mol. The van der Waals surface area contributed by atoms with E-state index in [2.05, 4.69) is 6.58 Å². The molecule has 106 valence electrons. The number of esters is 1. The Morgan fingerprint density at radius 2 is 1.72 bits per heavy atom. The second-order valence-corrected chi connectivity index (χ2v) is 6.25. The zero-order chi connectivity index (χ0) is 13.9. The predicted octanol–water partition coefficient (Wildman–Crippen LogP) is 2.15. The van der Waals surface area contributed by atoms with Crippen LogP contribution in [0.15, 0.2) is 12.7 Å². The molecular weight excluding hydrogens is 252 g/mol. The van der Waals surface area contributed by atoms with Crippen molar-refractivity contribution in [3.05, 3.63) is 12.7 Å². The van der Waals surface area contributed by atoms with Gasteiger partial charge in [-0.15, -0.1) is 0 Å². The first-order valence-corrected chi connectivity index (χ1v) is 8.28. The minimum absolute atomic E-state index is 0.223. The van der Waals surface area contributed by atoms with Crippen LogP contribution in [0.3, 0.4) is 0 Å². The number of carbonyl (C=O) groups excluding carboxylic acids is 1. The highest BCUT2D eigenvalue weighted by atomic mass is 28.4. The van der Waals surface area contributed by atoms with Crippen LogP contribution in [-0.2, 0) is 22.8 Å². The molecule has 5 nitrogen and oxygen atoms in total. The number of carbonyl (C=O) groups is 1. The Labute approximate surface area is 110 Å². The molecule has 0 atom stereocenters. The van der Waals surface area contributed by atoms with Gasteiger partial charge in [-0.1, -0.05) is 13.5 Å². The Balaban J connectivity index is 4.39. The molecule has 0 aromatic heterocycles. The Bertz CT molecular complexity index is 239. The summed E-state index contributed by atoms with van der Waals surface area (Å²) in [5.41, 5.74) is 0. The molecule has 0 saturated heterocycles. The van der Waals surface area contributed by atoms with E-state index in [4.69, 9.17) is 18.0 Å². The molecule has 0 radical (unpaired) electrons. The summed E-state index contributed by atoms with van der Waals surface area (Å²) in [6.45, 7) is 11.0. The van der Waals surface area contributed by atoms with Crippen LogP contribution in [0.2, 0.25) is 6.04 Å². The summed E-state index contributed by atoms with van der Waals surface area (Å²) in [5.74, 6) is -0.443. The fourth-order valence-corrected chi connectivity index (χ4v) is 3.80. The Hall–Kier alpha value is -0.693. The molecule has 0 rings (SSSR count). The van der Waals surface area contributed by atoms with Crippen molar-refractivity contribution in [2.24, 2.45) is 0 Å². The van der Waals surface area contributed by atoms with E-state index in [1.165, 1.54) is 0 Å². The third kappa shape index (κ3) is 6.90. The first-order valence-electron chi connectivity index (χ1n) is 6.35. The highest BCUT2D eigenvalue weighted by Gasteiger charge is 2.40. The van der Waals surface area contributed by atoms with Crippen LogP contribution in [0.25, 0.3) is 0 Å². The van der Waals surface area contributed by atoms with Gasteiger partial charge in [-0.05, 0) is 20.3 Å². The lowest BCUT2D eigenvalue weighted by atomic mass is 10.5. The molecule has 6 heteroatoms. The van der Waals surface area contributed by atoms with Gasteiger partial charge in [0.2, 0.25) is 0 Å². The fourth-order valence-electron chi connectivity index (χ4n) is 1.37. The van der Waals surface area contributed by atoms with E-state index in [0.29, 0.717) is 25.9 Å². The van der Waals surface area contributed by atoms with Crippen molar-refractivity contribution in [2.45, 2.75) is 33.2 Å². The van der Waals surface area contributed by atoms with Crippen LogP contribution < -0.4 is 0 Å². The van der Waals surface area contributed by atoms with E-state index in [1.54, 1.807) is 0 Å². The second-order valence-electron chi connectivity index (χ2n) is 3.52.